The van der Waals surface area contributed by atoms with Gasteiger partial charge in [-0.15, -0.1) is 0 Å². The molecule has 0 heterocycles. The average molecular weight is 272 g/mol. The van der Waals surface area contributed by atoms with E-state index < -0.39 is 15.9 Å². The first-order chi connectivity index (χ1) is 8.48. The summed E-state index contributed by atoms with van der Waals surface area (Å²) in [5, 5.41) is 2.57. The normalized spacial score (nSPS) is 11.0. The van der Waals surface area contributed by atoms with Crippen LogP contribution < -0.4 is 14.8 Å². The lowest BCUT2D eigenvalue weighted by molar-refractivity contribution is -0.115. The molecule has 0 saturated heterocycles. The molecule has 2 N–H and O–H groups in total. The van der Waals surface area contributed by atoms with E-state index in [0.717, 1.165) is 0 Å². The van der Waals surface area contributed by atoms with Gasteiger partial charge in [-0.2, -0.15) is 0 Å². The molecule has 18 heavy (non-hydrogen) atoms. The van der Waals surface area contributed by atoms with Crippen LogP contribution in [0.5, 0.6) is 5.75 Å². The van der Waals surface area contributed by atoms with E-state index in [9.17, 15) is 13.2 Å². The van der Waals surface area contributed by atoms with E-state index in [1.807, 2.05) is 0 Å². The highest BCUT2D eigenvalue weighted by Crippen LogP contribution is 2.22. The summed E-state index contributed by atoms with van der Waals surface area (Å²) in [4.78, 5) is 11.5. The van der Waals surface area contributed by atoms with Crippen LogP contribution in [-0.2, 0) is 14.8 Å². The standard InChI is InChI=1S/C11H16N2O4S/c1-3-18(15,16)12-8-11(14)13-9-6-4-5-7-10(9)17-2/h4-7,12H,3,8H2,1-2H3,(H,13,14). The molecule has 100 valence electrons. The van der Waals surface area contributed by atoms with Crippen LogP contribution in [0.3, 0.4) is 0 Å². The van der Waals surface area contributed by atoms with Gasteiger partial charge in [0, 0.05) is 0 Å². The number of methoxy groups -OCH3 is 1. The highest BCUT2D eigenvalue weighted by molar-refractivity contribution is 7.89. The Labute approximate surface area is 106 Å². The molecule has 0 aliphatic rings. The molecule has 0 unspecified atom stereocenters. The van der Waals surface area contributed by atoms with E-state index in [4.69, 9.17) is 4.74 Å². The molecule has 1 amide bonds. The molecule has 0 aliphatic heterocycles. The maximum absolute atomic E-state index is 11.5. The fourth-order valence-electron chi connectivity index (χ4n) is 1.22. The summed E-state index contributed by atoms with van der Waals surface area (Å²) >= 11 is 0. The molecule has 0 fully saturated rings. The lowest BCUT2D eigenvalue weighted by Gasteiger charge is -2.10. The van der Waals surface area contributed by atoms with Gasteiger partial charge in [-0.25, -0.2) is 13.1 Å². The van der Waals surface area contributed by atoms with Crippen LogP contribution in [0.1, 0.15) is 6.92 Å². The number of ether oxygens (including phenoxy) is 1. The molecular formula is C11H16N2O4S. The van der Waals surface area contributed by atoms with Crippen molar-refractivity contribution in [2.75, 3.05) is 24.7 Å². The van der Waals surface area contributed by atoms with Crippen molar-refractivity contribution in [2.45, 2.75) is 6.92 Å². The van der Waals surface area contributed by atoms with Gasteiger partial charge in [-0.1, -0.05) is 12.1 Å². The number of rotatable bonds is 6. The summed E-state index contributed by atoms with van der Waals surface area (Å²) in [6.45, 7) is 1.20. The lowest BCUT2D eigenvalue weighted by atomic mass is 10.3. The van der Waals surface area contributed by atoms with Gasteiger partial charge in [0.05, 0.1) is 25.1 Å². The molecule has 6 nitrogen and oxygen atoms in total. The van der Waals surface area contributed by atoms with Crippen LogP contribution in [0.25, 0.3) is 0 Å². The maximum atomic E-state index is 11.5. The first-order valence-corrected chi connectivity index (χ1v) is 7.04. The van der Waals surface area contributed by atoms with E-state index in [0.29, 0.717) is 11.4 Å². The molecule has 1 rings (SSSR count). The molecule has 0 bridgehead atoms. The Balaban J connectivity index is 2.60. The van der Waals surface area contributed by atoms with Crippen molar-refractivity contribution >= 4 is 21.6 Å². The largest absolute Gasteiger partial charge is 0.495 e. The van der Waals surface area contributed by atoms with Gasteiger partial charge in [0.2, 0.25) is 15.9 Å². The molecule has 7 heteroatoms. The minimum Gasteiger partial charge on any atom is -0.495 e. The molecule has 0 atom stereocenters. The van der Waals surface area contributed by atoms with Gasteiger partial charge in [0.1, 0.15) is 5.75 Å². The minimum absolute atomic E-state index is 0.0606. The molecule has 0 spiro atoms. The number of benzene rings is 1. The maximum Gasteiger partial charge on any atom is 0.239 e. The first kappa shape index (κ1) is 14.5. The fraction of sp³-hybridized carbons (Fsp3) is 0.364. The molecule has 0 radical (unpaired) electrons. The Morgan fingerprint density at radius 1 is 1.33 bits per heavy atom. The Morgan fingerprint density at radius 3 is 2.61 bits per heavy atom. The van der Waals surface area contributed by atoms with Gasteiger partial charge >= 0.3 is 0 Å². The molecule has 0 aliphatic carbocycles. The number of para-hydroxylation sites is 2. The van der Waals surface area contributed by atoms with Crippen LogP contribution in [0, 0.1) is 0 Å². The second-order valence-electron chi connectivity index (χ2n) is 3.47. The Hall–Kier alpha value is -1.60. The fourth-order valence-corrected chi connectivity index (χ4v) is 1.78. The van der Waals surface area contributed by atoms with Crippen molar-refractivity contribution in [3.8, 4) is 5.75 Å². The number of hydrogen-bond donors (Lipinski definition) is 2. The van der Waals surface area contributed by atoms with Crippen molar-refractivity contribution < 1.29 is 17.9 Å². The Bertz CT molecular complexity index is 514. The number of sulfonamides is 1. The summed E-state index contributed by atoms with van der Waals surface area (Å²) in [6, 6.07) is 6.89. The van der Waals surface area contributed by atoms with Crippen molar-refractivity contribution in [2.24, 2.45) is 0 Å². The van der Waals surface area contributed by atoms with Crippen molar-refractivity contribution in [1.82, 2.24) is 4.72 Å². The quantitative estimate of drug-likeness (QED) is 0.793. The number of anilines is 1. The van der Waals surface area contributed by atoms with Crippen molar-refractivity contribution in [1.29, 1.82) is 0 Å². The minimum atomic E-state index is -3.36. The third-order valence-electron chi connectivity index (χ3n) is 2.21. The zero-order valence-corrected chi connectivity index (χ0v) is 11.1. The predicted octanol–water partition coefficient (Wildman–Crippen LogP) is 0.573. The summed E-state index contributed by atoms with van der Waals surface area (Å²) in [5.74, 6) is 0.00954. The van der Waals surface area contributed by atoms with Gasteiger partial charge in [-0.3, -0.25) is 4.79 Å². The van der Waals surface area contributed by atoms with Crippen molar-refractivity contribution in [3.63, 3.8) is 0 Å². The number of amides is 1. The van der Waals surface area contributed by atoms with Gasteiger partial charge in [-0.05, 0) is 19.1 Å². The van der Waals surface area contributed by atoms with Crippen LogP contribution in [0.4, 0.5) is 5.69 Å². The summed E-state index contributed by atoms with van der Waals surface area (Å²) in [5.41, 5.74) is 0.501. The molecule has 1 aromatic rings. The zero-order valence-electron chi connectivity index (χ0n) is 10.3. The van der Waals surface area contributed by atoms with E-state index in [2.05, 4.69) is 10.0 Å². The Kier molecular flexibility index (Phi) is 5.11. The lowest BCUT2D eigenvalue weighted by Crippen LogP contribution is -2.33. The van der Waals surface area contributed by atoms with Crippen LogP contribution in [0.2, 0.25) is 0 Å². The number of nitrogens with one attached hydrogen (secondary N) is 2. The Morgan fingerprint density at radius 2 is 2.00 bits per heavy atom. The highest BCUT2D eigenvalue weighted by Gasteiger charge is 2.11. The van der Waals surface area contributed by atoms with Gasteiger partial charge < -0.3 is 10.1 Å². The van der Waals surface area contributed by atoms with Crippen LogP contribution >= 0.6 is 0 Å². The van der Waals surface area contributed by atoms with Crippen molar-refractivity contribution in [3.05, 3.63) is 24.3 Å². The highest BCUT2D eigenvalue weighted by atomic mass is 32.2. The van der Waals surface area contributed by atoms with E-state index in [1.165, 1.54) is 14.0 Å². The van der Waals surface area contributed by atoms with E-state index in [-0.39, 0.29) is 12.3 Å². The number of carbonyl (C=O) groups excluding carboxylic acids is 1. The SMILES string of the molecule is CCS(=O)(=O)NCC(=O)Nc1ccccc1OC. The molecule has 0 saturated carbocycles. The number of hydrogen-bond acceptors (Lipinski definition) is 4. The van der Waals surface area contributed by atoms with Crippen LogP contribution in [0.15, 0.2) is 24.3 Å². The topological polar surface area (TPSA) is 84.5 Å². The van der Waals surface area contributed by atoms with Crippen LogP contribution in [-0.4, -0.2) is 33.7 Å². The third kappa shape index (κ3) is 4.34. The summed E-state index contributed by atoms with van der Waals surface area (Å²) in [7, 11) is -1.87. The summed E-state index contributed by atoms with van der Waals surface area (Å²) in [6.07, 6.45) is 0. The second-order valence-corrected chi connectivity index (χ2v) is 5.57. The second kappa shape index (κ2) is 6.36. The first-order valence-electron chi connectivity index (χ1n) is 5.38. The smallest absolute Gasteiger partial charge is 0.239 e. The third-order valence-corrected chi connectivity index (χ3v) is 3.56. The molecule has 1 aromatic carbocycles. The summed E-state index contributed by atoms with van der Waals surface area (Å²) < 4.78 is 29.6. The predicted molar refractivity (Wildman–Crippen MR) is 69.1 cm³/mol. The average Bonchev–Trinajstić information content (AvgIpc) is 2.37. The van der Waals surface area contributed by atoms with E-state index in [1.54, 1.807) is 24.3 Å². The zero-order chi connectivity index (χ0) is 13.6. The van der Waals surface area contributed by atoms with Gasteiger partial charge in [0.25, 0.3) is 0 Å². The number of carbonyl (C=O) groups is 1. The monoisotopic (exact) mass is 272 g/mol. The van der Waals surface area contributed by atoms with Gasteiger partial charge in [0.15, 0.2) is 0 Å². The van der Waals surface area contributed by atoms with E-state index >= 15 is 0 Å². The molecule has 0 aromatic heterocycles. The molecular weight excluding hydrogens is 256 g/mol.